The Kier molecular flexibility index (Phi) is 6.41. The second-order valence-electron chi connectivity index (χ2n) is 4.89. The van der Waals surface area contributed by atoms with Gasteiger partial charge in [0.1, 0.15) is 0 Å². The summed E-state index contributed by atoms with van der Waals surface area (Å²) in [6.45, 7) is 8.91. The summed E-state index contributed by atoms with van der Waals surface area (Å²) < 4.78 is 10.6. The van der Waals surface area contributed by atoms with Crippen LogP contribution in [0.5, 0.6) is 0 Å². The van der Waals surface area contributed by atoms with Crippen molar-refractivity contribution in [1.82, 2.24) is 9.88 Å². The number of aromatic nitrogens is 1. The Morgan fingerprint density at radius 2 is 2.48 bits per heavy atom. The average Bonchev–Trinajstić information content (AvgIpc) is 2.93. The number of morpholine rings is 1. The van der Waals surface area contributed by atoms with Gasteiger partial charge in [0.15, 0.2) is 5.13 Å². The molecule has 1 unspecified atom stereocenters. The lowest BCUT2D eigenvalue weighted by Crippen LogP contribution is -2.45. The number of nitrogens with zero attached hydrogens (tertiary/aromatic N) is 2. The first-order chi connectivity index (χ1) is 10.2. The summed E-state index contributed by atoms with van der Waals surface area (Å²) in [5, 5.41) is 6.00. The van der Waals surface area contributed by atoms with Crippen LogP contribution in [0.4, 0.5) is 5.13 Å². The Bertz CT molecular complexity index is 452. The van der Waals surface area contributed by atoms with Crippen LogP contribution in [-0.2, 0) is 20.7 Å². The largest absolute Gasteiger partial charge is 0.466 e. The maximum absolute atomic E-state index is 11.4. The number of thiazole rings is 1. The molecule has 1 fully saturated rings. The molecule has 6 nitrogen and oxygen atoms in total. The van der Waals surface area contributed by atoms with Crippen LogP contribution in [0.1, 0.15) is 19.5 Å². The van der Waals surface area contributed by atoms with E-state index in [4.69, 9.17) is 9.47 Å². The summed E-state index contributed by atoms with van der Waals surface area (Å²) in [4.78, 5) is 18.2. The summed E-state index contributed by atoms with van der Waals surface area (Å²) in [7, 11) is 0. The number of ether oxygens (including phenoxy) is 2. The van der Waals surface area contributed by atoms with Gasteiger partial charge < -0.3 is 14.8 Å². The lowest BCUT2D eigenvalue weighted by atomic mass is 10.2. The van der Waals surface area contributed by atoms with Crippen molar-refractivity contribution in [2.75, 3.05) is 44.7 Å². The number of hydrogen-bond acceptors (Lipinski definition) is 7. The minimum Gasteiger partial charge on any atom is -0.466 e. The maximum atomic E-state index is 11.4. The second kappa shape index (κ2) is 8.31. The highest BCUT2D eigenvalue weighted by Crippen LogP contribution is 2.16. The van der Waals surface area contributed by atoms with Gasteiger partial charge in [-0.05, 0) is 13.5 Å². The zero-order valence-corrected chi connectivity index (χ0v) is 13.4. The first-order valence-electron chi connectivity index (χ1n) is 7.39. The minimum atomic E-state index is -0.233. The zero-order chi connectivity index (χ0) is 15.1. The summed E-state index contributed by atoms with van der Waals surface area (Å²) in [6.07, 6.45) is 0.423. The highest BCUT2D eigenvalue weighted by atomic mass is 32.1. The van der Waals surface area contributed by atoms with Gasteiger partial charge in [0.2, 0.25) is 0 Å². The van der Waals surface area contributed by atoms with Gasteiger partial charge in [-0.15, -0.1) is 11.3 Å². The smallest absolute Gasteiger partial charge is 0.311 e. The Balaban J connectivity index is 1.76. The van der Waals surface area contributed by atoms with Crippen molar-refractivity contribution in [3.05, 3.63) is 11.1 Å². The second-order valence-corrected chi connectivity index (χ2v) is 5.75. The van der Waals surface area contributed by atoms with Gasteiger partial charge in [0.25, 0.3) is 0 Å². The minimum absolute atomic E-state index is 0.191. The predicted molar refractivity (Wildman–Crippen MR) is 82.8 cm³/mol. The molecule has 118 valence electrons. The third-order valence-corrected chi connectivity index (χ3v) is 4.18. The number of nitrogens with one attached hydrogen (secondary N) is 1. The third kappa shape index (κ3) is 5.26. The van der Waals surface area contributed by atoms with Gasteiger partial charge in [-0.1, -0.05) is 6.92 Å². The lowest BCUT2D eigenvalue weighted by Gasteiger charge is -2.32. The number of carbonyl (C=O) groups excluding carboxylic acids is 1. The van der Waals surface area contributed by atoms with Crippen LogP contribution >= 0.6 is 11.3 Å². The fourth-order valence-corrected chi connectivity index (χ4v) is 2.94. The monoisotopic (exact) mass is 313 g/mol. The summed E-state index contributed by atoms with van der Waals surface area (Å²) >= 11 is 1.51. The normalized spacial score (nSPS) is 19.4. The first-order valence-corrected chi connectivity index (χ1v) is 8.27. The molecule has 0 saturated carbocycles. The molecular weight excluding hydrogens is 290 g/mol. The van der Waals surface area contributed by atoms with Gasteiger partial charge in [-0.25, -0.2) is 4.98 Å². The van der Waals surface area contributed by atoms with Crippen LogP contribution in [0.25, 0.3) is 0 Å². The van der Waals surface area contributed by atoms with Crippen molar-refractivity contribution in [2.24, 2.45) is 0 Å². The standard InChI is InChI=1S/C14H23N3O3S/c1-3-17-5-6-20-12(9-17)8-15-14-16-11(10-21-14)7-13(18)19-4-2/h10,12H,3-9H2,1-2H3,(H,15,16). The fraction of sp³-hybridized carbons (Fsp3) is 0.714. The molecule has 1 saturated heterocycles. The molecule has 0 radical (unpaired) electrons. The Morgan fingerprint density at radius 3 is 3.24 bits per heavy atom. The summed E-state index contributed by atoms with van der Waals surface area (Å²) in [6, 6.07) is 0. The molecule has 2 rings (SSSR count). The van der Waals surface area contributed by atoms with Crippen molar-refractivity contribution in [2.45, 2.75) is 26.4 Å². The number of carbonyl (C=O) groups is 1. The maximum Gasteiger partial charge on any atom is 0.311 e. The molecule has 0 spiro atoms. The average molecular weight is 313 g/mol. The molecule has 1 atom stereocenters. The Hall–Kier alpha value is -1.18. The van der Waals surface area contributed by atoms with E-state index in [9.17, 15) is 4.79 Å². The molecule has 7 heteroatoms. The van der Waals surface area contributed by atoms with E-state index in [0.29, 0.717) is 6.61 Å². The third-order valence-electron chi connectivity index (χ3n) is 3.33. The van der Waals surface area contributed by atoms with Crippen LogP contribution in [0.2, 0.25) is 0 Å². The number of esters is 1. The molecule has 1 aliphatic heterocycles. The van der Waals surface area contributed by atoms with E-state index in [0.717, 1.165) is 43.6 Å². The summed E-state index contributed by atoms with van der Waals surface area (Å²) in [5.74, 6) is -0.233. The molecule has 1 aromatic rings. The molecule has 0 amide bonds. The van der Waals surface area contributed by atoms with Gasteiger partial charge in [0, 0.05) is 25.0 Å². The van der Waals surface area contributed by atoms with E-state index in [1.807, 2.05) is 5.38 Å². The van der Waals surface area contributed by atoms with Crippen molar-refractivity contribution < 1.29 is 14.3 Å². The molecule has 0 aliphatic carbocycles. The quantitative estimate of drug-likeness (QED) is 0.767. The van der Waals surface area contributed by atoms with E-state index in [-0.39, 0.29) is 18.5 Å². The number of anilines is 1. The van der Waals surface area contributed by atoms with E-state index < -0.39 is 0 Å². The van der Waals surface area contributed by atoms with E-state index in [1.54, 1.807) is 6.92 Å². The lowest BCUT2D eigenvalue weighted by molar-refractivity contribution is -0.142. The molecule has 21 heavy (non-hydrogen) atoms. The van der Waals surface area contributed by atoms with Crippen LogP contribution in [0.15, 0.2) is 5.38 Å². The highest BCUT2D eigenvalue weighted by Gasteiger charge is 2.19. The molecule has 1 aliphatic rings. The first kappa shape index (κ1) is 16.2. The van der Waals surface area contributed by atoms with Crippen LogP contribution in [-0.4, -0.2) is 61.3 Å². The molecule has 1 N–H and O–H groups in total. The zero-order valence-electron chi connectivity index (χ0n) is 12.6. The SMILES string of the molecule is CCOC(=O)Cc1csc(NCC2CN(CC)CCO2)n1. The van der Waals surface area contributed by atoms with Crippen molar-refractivity contribution >= 4 is 22.4 Å². The van der Waals surface area contributed by atoms with Crippen LogP contribution in [0, 0.1) is 0 Å². The van der Waals surface area contributed by atoms with E-state index in [2.05, 4.69) is 22.1 Å². The topological polar surface area (TPSA) is 63.7 Å². The van der Waals surface area contributed by atoms with Crippen molar-refractivity contribution in [3.8, 4) is 0 Å². The molecule has 1 aromatic heterocycles. The van der Waals surface area contributed by atoms with Crippen molar-refractivity contribution in [3.63, 3.8) is 0 Å². The van der Waals surface area contributed by atoms with Crippen molar-refractivity contribution in [1.29, 1.82) is 0 Å². The van der Waals surface area contributed by atoms with Gasteiger partial charge in [0.05, 0.1) is 31.4 Å². The van der Waals surface area contributed by atoms with Gasteiger partial charge in [-0.3, -0.25) is 9.69 Å². The van der Waals surface area contributed by atoms with E-state index >= 15 is 0 Å². The molecule has 0 aromatic carbocycles. The van der Waals surface area contributed by atoms with Crippen LogP contribution in [0.3, 0.4) is 0 Å². The predicted octanol–water partition coefficient (Wildman–Crippen LogP) is 1.38. The van der Waals surface area contributed by atoms with Crippen LogP contribution < -0.4 is 5.32 Å². The molecule has 2 heterocycles. The number of likely N-dealkylation sites (N-methyl/N-ethyl adjacent to an activating group) is 1. The van der Waals surface area contributed by atoms with Gasteiger partial charge in [-0.2, -0.15) is 0 Å². The molecule has 0 bridgehead atoms. The fourth-order valence-electron chi connectivity index (χ4n) is 2.22. The Labute approximate surface area is 129 Å². The Morgan fingerprint density at radius 1 is 1.62 bits per heavy atom. The summed E-state index contributed by atoms with van der Waals surface area (Å²) in [5.41, 5.74) is 0.751. The number of hydrogen-bond donors (Lipinski definition) is 1. The van der Waals surface area contributed by atoms with E-state index in [1.165, 1.54) is 11.3 Å². The highest BCUT2D eigenvalue weighted by molar-refractivity contribution is 7.13. The molecular formula is C14H23N3O3S. The number of rotatable bonds is 7. The van der Waals surface area contributed by atoms with Gasteiger partial charge >= 0.3 is 5.97 Å².